The van der Waals surface area contributed by atoms with Crippen molar-refractivity contribution in [3.63, 3.8) is 0 Å². The Labute approximate surface area is 159 Å². The van der Waals surface area contributed by atoms with E-state index in [4.69, 9.17) is 0 Å². The summed E-state index contributed by atoms with van der Waals surface area (Å²) in [6, 6.07) is 13.3. The van der Waals surface area contributed by atoms with E-state index in [1.807, 2.05) is 31.2 Å². The maximum Gasteiger partial charge on any atom is 0.325 e. The quantitative estimate of drug-likeness (QED) is 0.809. The molecule has 0 radical (unpaired) electrons. The normalized spacial score (nSPS) is 20.1. The van der Waals surface area contributed by atoms with Gasteiger partial charge in [-0.05, 0) is 40.7 Å². The lowest BCUT2D eigenvalue weighted by atomic mass is 9.86. The number of rotatable bonds is 4. The zero-order valence-corrected chi connectivity index (χ0v) is 16.2. The fourth-order valence-corrected chi connectivity index (χ4v) is 3.44. The monoisotopic (exact) mass is 368 g/mol. The van der Waals surface area contributed by atoms with Crippen LogP contribution < -0.4 is 5.32 Å². The highest BCUT2D eigenvalue weighted by Gasteiger charge is 2.51. The lowest BCUT2D eigenvalue weighted by Gasteiger charge is -2.26. The number of benzene rings is 2. The summed E-state index contributed by atoms with van der Waals surface area (Å²) in [5, 5.41) is 2.82. The smallest absolute Gasteiger partial charge is 0.319 e. The first-order chi connectivity index (χ1) is 12.7. The molecule has 142 valence electrons. The number of hydrogen-bond acceptors (Lipinski definition) is 2. The second kappa shape index (κ2) is 6.80. The Kier molecular flexibility index (Phi) is 4.81. The topological polar surface area (TPSA) is 49.4 Å². The number of imide groups is 1. The molecule has 5 heteroatoms. The van der Waals surface area contributed by atoms with Gasteiger partial charge in [-0.25, -0.2) is 9.18 Å². The third-order valence-corrected chi connectivity index (χ3v) is 5.20. The molecule has 3 amide bonds. The van der Waals surface area contributed by atoms with E-state index in [-0.39, 0.29) is 23.7 Å². The van der Waals surface area contributed by atoms with E-state index in [1.54, 1.807) is 12.1 Å². The lowest BCUT2D eigenvalue weighted by Crippen LogP contribution is -2.43. The highest BCUT2D eigenvalue weighted by Crippen LogP contribution is 2.33. The van der Waals surface area contributed by atoms with Gasteiger partial charge in [0.1, 0.15) is 11.4 Å². The summed E-state index contributed by atoms with van der Waals surface area (Å²) in [5.41, 5.74) is 1.57. The van der Waals surface area contributed by atoms with Crippen molar-refractivity contribution in [2.45, 2.75) is 51.6 Å². The molecule has 2 aromatic carbocycles. The zero-order valence-electron chi connectivity index (χ0n) is 16.2. The SMILES string of the molecule is CC[C@]1(c2ccc(F)cc2)NC(=O)N(Cc2ccc(C(C)(C)C)cc2)C1=O. The van der Waals surface area contributed by atoms with E-state index in [2.05, 4.69) is 26.1 Å². The van der Waals surface area contributed by atoms with E-state index in [1.165, 1.54) is 22.6 Å². The Bertz CT molecular complexity index is 853. The summed E-state index contributed by atoms with van der Waals surface area (Å²) in [5.74, 6) is -0.681. The maximum atomic E-state index is 13.3. The predicted octanol–water partition coefficient (Wildman–Crippen LogP) is 4.48. The number of nitrogens with zero attached hydrogens (tertiary/aromatic N) is 1. The zero-order chi connectivity index (χ0) is 19.8. The van der Waals surface area contributed by atoms with E-state index in [9.17, 15) is 14.0 Å². The fraction of sp³-hybridized carbons (Fsp3) is 0.364. The van der Waals surface area contributed by atoms with Gasteiger partial charge >= 0.3 is 6.03 Å². The van der Waals surface area contributed by atoms with Gasteiger partial charge in [-0.15, -0.1) is 0 Å². The van der Waals surface area contributed by atoms with Gasteiger partial charge in [-0.3, -0.25) is 9.69 Å². The van der Waals surface area contributed by atoms with Crippen molar-refractivity contribution in [1.82, 2.24) is 10.2 Å². The first-order valence-corrected chi connectivity index (χ1v) is 9.17. The number of halogens is 1. The van der Waals surface area contributed by atoms with Crippen molar-refractivity contribution in [1.29, 1.82) is 0 Å². The van der Waals surface area contributed by atoms with E-state index in [0.717, 1.165) is 5.56 Å². The summed E-state index contributed by atoms with van der Waals surface area (Å²) >= 11 is 0. The molecule has 0 aromatic heterocycles. The molecule has 0 aliphatic carbocycles. The molecule has 1 aliphatic rings. The largest absolute Gasteiger partial charge is 0.325 e. The highest BCUT2D eigenvalue weighted by molar-refractivity contribution is 6.07. The van der Waals surface area contributed by atoms with Gasteiger partial charge in [0.25, 0.3) is 5.91 Å². The molecule has 4 nitrogen and oxygen atoms in total. The van der Waals surface area contributed by atoms with Gasteiger partial charge in [-0.1, -0.05) is 64.1 Å². The third kappa shape index (κ3) is 3.46. The van der Waals surface area contributed by atoms with Crippen molar-refractivity contribution in [3.05, 3.63) is 71.0 Å². The summed E-state index contributed by atoms with van der Waals surface area (Å²) in [6.07, 6.45) is 0.392. The molecule has 1 saturated heterocycles. The third-order valence-electron chi connectivity index (χ3n) is 5.20. The molecular weight excluding hydrogens is 343 g/mol. The minimum atomic E-state index is -1.14. The van der Waals surface area contributed by atoms with Crippen LogP contribution in [0.5, 0.6) is 0 Å². The van der Waals surface area contributed by atoms with E-state index < -0.39 is 11.6 Å². The van der Waals surface area contributed by atoms with Gasteiger partial charge in [0.05, 0.1) is 6.54 Å². The van der Waals surface area contributed by atoms with Gasteiger partial charge in [0, 0.05) is 0 Å². The molecule has 2 aromatic rings. The van der Waals surface area contributed by atoms with Crippen molar-refractivity contribution in [2.24, 2.45) is 0 Å². The Hall–Kier alpha value is -2.69. The summed E-state index contributed by atoms with van der Waals surface area (Å²) < 4.78 is 13.3. The van der Waals surface area contributed by atoms with Crippen LogP contribution in [0.2, 0.25) is 0 Å². The Morgan fingerprint density at radius 3 is 2.11 bits per heavy atom. The predicted molar refractivity (Wildman–Crippen MR) is 103 cm³/mol. The van der Waals surface area contributed by atoms with Crippen LogP contribution in [0.1, 0.15) is 50.8 Å². The minimum absolute atomic E-state index is 0.0410. The lowest BCUT2D eigenvalue weighted by molar-refractivity contribution is -0.132. The summed E-state index contributed by atoms with van der Waals surface area (Å²) in [4.78, 5) is 26.9. The minimum Gasteiger partial charge on any atom is -0.319 e. The molecule has 0 saturated carbocycles. The molecule has 1 aliphatic heterocycles. The van der Waals surface area contributed by atoms with Crippen LogP contribution in [-0.2, 0) is 22.3 Å². The molecule has 27 heavy (non-hydrogen) atoms. The van der Waals surface area contributed by atoms with Crippen molar-refractivity contribution < 1.29 is 14.0 Å². The average molecular weight is 368 g/mol. The van der Waals surface area contributed by atoms with E-state index >= 15 is 0 Å². The Morgan fingerprint density at radius 1 is 1.00 bits per heavy atom. The molecule has 0 spiro atoms. The standard InChI is InChI=1S/C22H25FN2O2/c1-5-22(17-10-12-18(23)13-11-17)19(26)25(20(27)24-22)14-15-6-8-16(9-7-15)21(2,3)4/h6-13H,5,14H2,1-4H3,(H,24,27)/t22-/m1/s1. The molecule has 0 unspecified atom stereocenters. The first kappa shape index (κ1) is 19.1. The second-order valence-corrected chi connectivity index (χ2v) is 8.03. The van der Waals surface area contributed by atoms with Crippen LogP contribution in [-0.4, -0.2) is 16.8 Å². The van der Waals surface area contributed by atoms with Gasteiger partial charge < -0.3 is 5.32 Å². The molecule has 1 fully saturated rings. The number of nitrogens with one attached hydrogen (secondary N) is 1. The fourth-order valence-electron chi connectivity index (χ4n) is 3.44. The van der Waals surface area contributed by atoms with Crippen LogP contribution in [0, 0.1) is 5.82 Å². The number of carbonyl (C=O) groups excluding carboxylic acids is 2. The maximum absolute atomic E-state index is 13.3. The number of carbonyl (C=O) groups is 2. The number of amides is 3. The van der Waals surface area contributed by atoms with Crippen molar-refractivity contribution in [3.8, 4) is 0 Å². The van der Waals surface area contributed by atoms with Crippen LogP contribution >= 0.6 is 0 Å². The van der Waals surface area contributed by atoms with Crippen LogP contribution in [0.15, 0.2) is 48.5 Å². The molecule has 3 rings (SSSR count). The average Bonchev–Trinajstić information content (AvgIpc) is 2.87. The second-order valence-electron chi connectivity index (χ2n) is 8.03. The molecule has 1 N–H and O–H groups in total. The Morgan fingerprint density at radius 2 is 1.59 bits per heavy atom. The number of hydrogen-bond donors (Lipinski definition) is 1. The van der Waals surface area contributed by atoms with E-state index in [0.29, 0.717) is 12.0 Å². The van der Waals surface area contributed by atoms with Gasteiger partial charge in [0.15, 0.2) is 0 Å². The summed E-state index contributed by atoms with van der Waals surface area (Å²) in [7, 11) is 0. The summed E-state index contributed by atoms with van der Waals surface area (Å²) in [6.45, 7) is 8.45. The van der Waals surface area contributed by atoms with Gasteiger partial charge in [0.2, 0.25) is 0 Å². The van der Waals surface area contributed by atoms with Crippen LogP contribution in [0.3, 0.4) is 0 Å². The Balaban J connectivity index is 1.86. The van der Waals surface area contributed by atoms with Gasteiger partial charge in [-0.2, -0.15) is 0 Å². The first-order valence-electron chi connectivity index (χ1n) is 9.17. The van der Waals surface area contributed by atoms with Crippen molar-refractivity contribution in [2.75, 3.05) is 0 Å². The number of urea groups is 1. The van der Waals surface area contributed by atoms with Crippen LogP contribution in [0.25, 0.3) is 0 Å². The molecule has 1 heterocycles. The van der Waals surface area contributed by atoms with Crippen molar-refractivity contribution >= 4 is 11.9 Å². The molecule has 1 atom stereocenters. The molecule has 0 bridgehead atoms. The van der Waals surface area contributed by atoms with Crippen LogP contribution in [0.4, 0.5) is 9.18 Å². The highest BCUT2D eigenvalue weighted by atomic mass is 19.1. The molecular formula is C22H25FN2O2.